The predicted molar refractivity (Wildman–Crippen MR) is 74.0 cm³/mol. The van der Waals surface area contributed by atoms with E-state index in [9.17, 15) is 9.59 Å². The van der Waals surface area contributed by atoms with Gasteiger partial charge in [-0.25, -0.2) is 0 Å². The van der Waals surface area contributed by atoms with Gasteiger partial charge in [-0.2, -0.15) is 0 Å². The highest BCUT2D eigenvalue weighted by molar-refractivity contribution is 6.31. The monoisotopic (exact) mass is 283 g/mol. The van der Waals surface area contributed by atoms with Crippen molar-refractivity contribution in [2.24, 2.45) is 0 Å². The van der Waals surface area contributed by atoms with Crippen LogP contribution in [0.25, 0.3) is 0 Å². The largest absolute Gasteiger partial charge is 0.455 e. The van der Waals surface area contributed by atoms with Crippen LogP contribution >= 0.6 is 11.6 Å². The Kier molecular flexibility index (Phi) is 5.36. The summed E-state index contributed by atoms with van der Waals surface area (Å²) in [4.78, 5) is 23.0. The first-order chi connectivity index (χ1) is 8.78. The van der Waals surface area contributed by atoms with Gasteiger partial charge in [-0.3, -0.25) is 9.59 Å². The molecule has 104 valence electrons. The van der Waals surface area contributed by atoms with E-state index >= 15 is 0 Å². The summed E-state index contributed by atoms with van der Waals surface area (Å²) in [5.74, 6) is -0.794. The summed E-state index contributed by atoms with van der Waals surface area (Å²) in [7, 11) is 0. The molecule has 0 fully saturated rings. The molecular formula is C14H18ClNO3. The van der Waals surface area contributed by atoms with Gasteiger partial charge in [0.2, 0.25) is 0 Å². The average Bonchev–Trinajstić information content (AvgIpc) is 2.27. The fourth-order valence-corrected chi connectivity index (χ4v) is 1.65. The van der Waals surface area contributed by atoms with E-state index in [1.165, 1.54) is 0 Å². The van der Waals surface area contributed by atoms with Gasteiger partial charge >= 0.3 is 5.97 Å². The minimum Gasteiger partial charge on any atom is -0.455 e. The smallest absolute Gasteiger partial charge is 0.310 e. The summed E-state index contributed by atoms with van der Waals surface area (Å²) in [5, 5.41) is 3.22. The molecule has 1 aromatic carbocycles. The summed E-state index contributed by atoms with van der Waals surface area (Å²) < 4.78 is 4.90. The zero-order valence-electron chi connectivity index (χ0n) is 11.3. The minimum atomic E-state index is -0.475. The molecule has 19 heavy (non-hydrogen) atoms. The number of nitrogens with one attached hydrogen (secondary N) is 1. The lowest BCUT2D eigenvalue weighted by atomic mass is 10.1. The van der Waals surface area contributed by atoms with Crippen LogP contribution in [0.3, 0.4) is 0 Å². The number of hydrogen-bond donors (Lipinski definition) is 1. The molecule has 0 bridgehead atoms. The standard InChI is InChI=1S/C14H18ClNO3/c1-14(2,3)16-12(17)9-19-13(18)8-10-6-4-5-7-11(10)15/h4-7H,8-9H2,1-3H3,(H,16,17). The quantitative estimate of drug-likeness (QED) is 0.863. The Morgan fingerprint density at radius 3 is 2.47 bits per heavy atom. The van der Waals surface area contributed by atoms with Crippen molar-refractivity contribution in [3.05, 3.63) is 34.9 Å². The first-order valence-electron chi connectivity index (χ1n) is 5.98. The normalized spacial score (nSPS) is 10.9. The van der Waals surface area contributed by atoms with Gasteiger partial charge in [0.1, 0.15) is 0 Å². The Hall–Kier alpha value is -1.55. The number of halogens is 1. The van der Waals surface area contributed by atoms with Crippen molar-refractivity contribution in [1.29, 1.82) is 0 Å². The van der Waals surface area contributed by atoms with Crippen molar-refractivity contribution in [3.63, 3.8) is 0 Å². The number of carbonyl (C=O) groups excluding carboxylic acids is 2. The number of amides is 1. The molecule has 1 amide bonds. The molecule has 1 aromatic rings. The van der Waals surface area contributed by atoms with Gasteiger partial charge in [0.05, 0.1) is 6.42 Å². The molecule has 4 nitrogen and oxygen atoms in total. The van der Waals surface area contributed by atoms with E-state index in [4.69, 9.17) is 16.3 Å². The Balaban J connectivity index is 2.41. The summed E-state index contributed by atoms with van der Waals surface area (Å²) in [6.07, 6.45) is 0.0580. The van der Waals surface area contributed by atoms with Gasteiger partial charge in [0.15, 0.2) is 6.61 Å². The van der Waals surface area contributed by atoms with E-state index in [-0.39, 0.29) is 24.5 Å². The van der Waals surface area contributed by atoms with E-state index in [0.717, 1.165) is 0 Å². The Morgan fingerprint density at radius 1 is 1.26 bits per heavy atom. The molecule has 0 heterocycles. The maximum absolute atomic E-state index is 11.6. The molecule has 0 aliphatic carbocycles. The van der Waals surface area contributed by atoms with E-state index < -0.39 is 5.97 Å². The predicted octanol–water partition coefficient (Wildman–Crippen LogP) is 2.34. The minimum absolute atomic E-state index is 0.0580. The molecule has 0 spiro atoms. The lowest BCUT2D eigenvalue weighted by Crippen LogP contribution is -2.42. The maximum Gasteiger partial charge on any atom is 0.310 e. The van der Waals surface area contributed by atoms with E-state index in [0.29, 0.717) is 10.6 Å². The summed E-state index contributed by atoms with van der Waals surface area (Å²) in [6, 6.07) is 7.03. The van der Waals surface area contributed by atoms with Crippen LogP contribution in [0.15, 0.2) is 24.3 Å². The Morgan fingerprint density at radius 2 is 1.89 bits per heavy atom. The first kappa shape index (κ1) is 15.5. The highest BCUT2D eigenvalue weighted by Crippen LogP contribution is 2.15. The third-order valence-electron chi connectivity index (χ3n) is 2.17. The van der Waals surface area contributed by atoms with Crippen LogP contribution in [0, 0.1) is 0 Å². The molecule has 1 rings (SSSR count). The number of benzene rings is 1. The maximum atomic E-state index is 11.6. The van der Waals surface area contributed by atoms with E-state index in [1.807, 2.05) is 20.8 Å². The molecule has 0 aromatic heterocycles. The number of rotatable bonds is 4. The first-order valence-corrected chi connectivity index (χ1v) is 6.36. The lowest BCUT2D eigenvalue weighted by Gasteiger charge is -2.20. The molecule has 1 N–H and O–H groups in total. The second-order valence-corrected chi connectivity index (χ2v) is 5.63. The second-order valence-electron chi connectivity index (χ2n) is 5.23. The molecule has 0 aliphatic heterocycles. The highest BCUT2D eigenvalue weighted by atomic mass is 35.5. The van der Waals surface area contributed by atoms with Gasteiger partial charge < -0.3 is 10.1 Å². The van der Waals surface area contributed by atoms with Crippen molar-refractivity contribution in [2.45, 2.75) is 32.7 Å². The molecule has 5 heteroatoms. The van der Waals surface area contributed by atoms with Crippen LogP contribution in [0.5, 0.6) is 0 Å². The van der Waals surface area contributed by atoms with Crippen LogP contribution in [0.2, 0.25) is 5.02 Å². The number of esters is 1. The van der Waals surface area contributed by atoms with Gasteiger partial charge in [0, 0.05) is 10.6 Å². The highest BCUT2D eigenvalue weighted by Gasteiger charge is 2.15. The van der Waals surface area contributed by atoms with Crippen molar-refractivity contribution in [3.8, 4) is 0 Å². The lowest BCUT2D eigenvalue weighted by molar-refractivity contribution is -0.148. The van der Waals surface area contributed by atoms with E-state index in [1.54, 1.807) is 24.3 Å². The van der Waals surface area contributed by atoms with Crippen LogP contribution in [0.4, 0.5) is 0 Å². The van der Waals surface area contributed by atoms with Crippen LogP contribution < -0.4 is 5.32 Å². The van der Waals surface area contributed by atoms with Crippen LogP contribution in [0.1, 0.15) is 26.3 Å². The summed E-state index contributed by atoms with van der Waals surface area (Å²) in [6.45, 7) is 5.30. The second kappa shape index (κ2) is 6.57. The molecule has 0 saturated heterocycles. The van der Waals surface area contributed by atoms with E-state index in [2.05, 4.69) is 5.32 Å². The summed E-state index contributed by atoms with van der Waals surface area (Å²) in [5.41, 5.74) is 0.345. The fraction of sp³-hybridized carbons (Fsp3) is 0.429. The topological polar surface area (TPSA) is 55.4 Å². The fourth-order valence-electron chi connectivity index (χ4n) is 1.45. The zero-order chi connectivity index (χ0) is 14.5. The molecule has 0 radical (unpaired) electrons. The van der Waals surface area contributed by atoms with Gasteiger partial charge in [-0.15, -0.1) is 0 Å². The third kappa shape index (κ3) is 6.25. The zero-order valence-corrected chi connectivity index (χ0v) is 12.1. The van der Waals surface area contributed by atoms with Gasteiger partial charge in [0.25, 0.3) is 5.91 Å². The molecule has 0 atom stereocenters. The average molecular weight is 284 g/mol. The summed E-state index contributed by atoms with van der Waals surface area (Å²) >= 11 is 5.93. The van der Waals surface area contributed by atoms with Crippen molar-refractivity contribution in [1.82, 2.24) is 5.32 Å². The molecule has 0 unspecified atom stereocenters. The molecule has 0 aliphatic rings. The SMILES string of the molecule is CC(C)(C)NC(=O)COC(=O)Cc1ccccc1Cl. The van der Waals surface area contributed by atoms with Gasteiger partial charge in [-0.1, -0.05) is 29.8 Å². The molecular weight excluding hydrogens is 266 g/mol. The number of hydrogen-bond acceptors (Lipinski definition) is 3. The van der Waals surface area contributed by atoms with Crippen LogP contribution in [-0.4, -0.2) is 24.0 Å². The van der Waals surface area contributed by atoms with Crippen molar-refractivity contribution < 1.29 is 14.3 Å². The molecule has 0 saturated carbocycles. The Bertz CT molecular complexity index is 466. The van der Waals surface area contributed by atoms with Gasteiger partial charge in [-0.05, 0) is 32.4 Å². The van der Waals surface area contributed by atoms with Crippen LogP contribution in [-0.2, 0) is 20.7 Å². The number of carbonyl (C=O) groups is 2. The van der Waals surface area contributed by atoms with Crippen molar-refractivity contribution >= 4 is 23.5 Å². The van der Waals surface area contributed by atoms with Crippen molar-refractivity contribution in [2.75, 3.05) is 6.61 Å². The third-order valence-corrected chi connectivity index (χ3v) is 2.54. The number of ether oxygens (including phenoxy) is 1. The Labute approximate surface area is 118 Å².